The summed E-state index contributed by atoms with van der Waals surface area (Å²) in [7, 11) is -3.56. The fourth-order valence-electron chi connectivity index (χ4n) is 7.21. The van der Waals surface area contributed by atoms with Crippen LogP contribution in [0.15, 0.2) is 90.0 Å². The predicted octanol–water partition coefficient (Wildman–Crippen LogP) is 5.95. The van der Waals surface area contributed by atoms with Crippen molar-refractivity contribution in [1.82, 2.24) is 25.2 Å². The molecule has 2 aliphatic heterocycles. The summed E-state index contributed by atoms with van der Waals surface area (Å²) in [5.41, 5.74) is 4.19. The van der Waals surface area contributed by atoms with Crippen LogP contribution in [-0.2, 0) is 14.6 Å². The Hall–Kier alpha value is -5.53. The summed E-state index contributed by atoms with van der Waals surface area (Å²) in [5.74, 6) is -0.227. The van der Waals surface area contributed by atoms with E-state index in [-0.39, 0.29) is 41.0 Å². The highest BCUT2D eigenvalue weighted by atomic mass is 32.2. The number of anilines is 1. The van der Waals surface area contributed by atoms with E-state index in [1.807, 2.05) is 36.4 Å². The highest BCUT2D eigenvalue weighted by Crippen LogP contribution is 2.28. The van der Waals surface area contributed by atoms with Crippen LogP contribution in [0.1, 0.15) is 81.5 Å². The van der Waals surface area contributed by atoms with Gasteiger partial charge in [-0.25, -0.2) is 18.4 Å². The second-order valence-corrected chi connectivity index (χ2v) is 16.1. The third kappa shape index (κ3) is 7.73. The number of carbonyl (C=O) groups excluding carboxylic acids is 3. The number of hydrogen-bond acceptors (Lipinski definition) is 10. The third-order valence-corrected chi connectivity index (χ3v) is 11.1. The summed E-state index contributed by atoms with van der Waals surface area (Å²) in [4.78, 5) is 57.8. The number of aromatic nitrogens is 3. The lowest BCUT2D eigenvalue weighted by Crippen LogP contribution is -2.45. The first-order valence-corrected chi connectivity index (χ1v) is 20.0. The number of hydrogen-bond donors (Lipinski definition) is 1. The summed E-state index contributed by atoms with van der Waals surface area (Å²) in [6.45, 7) is 7.51. The fraction of sp³-hybridized carbons (Fsp3) is 0.317. The Morgan fingerprint density at radius 3 is 2.30 bits per heavy atom. The third-order valence-electron chi connectivity index (χ3n) is 9.85. The molecule has 1 fully saturated rings. The minimum absolute atomic E-state index is 0.0866. The monoisotopic (exact) mass is 746 g/mol. The number of imide groups is 1. The van der Waals surface area contributed by atoms with Crippen molar-refractivity contribution in [3.63, 3.8) is 0 Å². The molecule has 3 atom stereocenters. The molecule has 278 valence electrons. The van der Waals surface area contributed by atoms with Crippen molar-refractivity contribution in [3.05, 3.63) is 113 Å². The molecule has 0 saturated carbocycles. The van der Waals surface area contributed by atoms with Crippen LogP contribution in [0.2, 0.25) is 0 Å². The SMILES string of the molecule is Cc1ccc(C(=O)NC(CCCCN2C(=O)c3ccccc3C2=O)c2cc3nc(-c4cccc(N5C[C@@H](C)O[C@@H](C)C5)n4)ccc3cn2)cc1S(C)(=O)=O. The van der Waals surface area contributed by atoms with Gasteiger partial charge >= 0.3 is 0 Å². The normalized spacial score (nSPS) is 17.9. The molecule has 1 saturated heterocycles. The van der Waals surface area contributed by atoms with E-state index in [4.69, 9.17) is 19.7 Å². The number of rotatable bonds is 11. The van der Waals surface area contributed by atoms with E-state index < -0.39 is 21.8 Å². The summed E-state index contributed by atoms with van der Waals surface area (Å²) in [6, 6.07) is 22.4. The Labute approximate surface area is 314 Å². The fourth-order valence-corrected chi connectivity index (χ4v) is 8.20. The molecule has 13 heteroatoms. The topological polar surface area (TPSA) is 152 Å². The summed E-state index contributed by atoms with van der Waals surface area (Å²) < 4.78 is 30.8. The van der Waals surface area contributed by atoms with E-state index in [0.29, 0.717) is 52.9 Å². The molecular weight excluding hydrogens is 705 g/mol. The number of morpholine rings is 1. The zero-order chi connectivity index (χ0) is 38.1. The van der Waals surface area contributed by atoms with Gasteiger partial charge in [0.15, 0.2) is 9.84 Å². The molecule has 5 heterocycles. The molecule has 1 N–H and O–H groups in total. The van der Waals surface area contributed by atoms with Crippen molar-refractivity contribution in [3.8, 4) is 11.4 Å². The molecule has 3 aromatic heterocycles. The van der Waals surface area contributed by atoms with Gasteiger partial charge in [0.05, 0.1) is 56.9 Å². The van der Waals surface area contributed by atoms with E-state index in [9.17, 15) is 22.8 Å². The van der Waals surface area contributed by atoms with Crippen LogP contribution in [-0.4, -0.2) is 84.1 Å². The first-order valence-electron chi connectivity index (χ1n) is 18.1. The van der Waals surface area contributed by atoms with E-state index in [0.717, 1.165) is 36.2 Å². The molecular formula is C41H42N6O6S. The van der Waals surface area contributed by atoms with Gasteiger partial charge in [0, 0.05) is 43.0 Å². The number of amides is 3. The van der Waals surface area contributed by atoms with Crippen molar-refractivity contribution in [1.29, 1.82) is 0 Å². The number of sulfone groups is 1. The number of ether oxygens (including phenoxy) is 1. The molecule has 54 heavy (non-hydrogen) atoms. The molecule has 1 unspecified atom stereocenters. The average molecular weight is 747 g/mol. The Kier molecular flexibility index (Phi) is 10.3. The van der Waals surface area contributed by atoms with E-state index in [2.05, 4.69) is 24.1 Å². The molecule has 0 radical (unpaired) electrons. The lowest BCUT2D eigenvalue weighted by Gasteiger charge is -2.36. The van der Waals surface area contributed by atoms with E-state index in [1.165, 1.54) is 11.0 Å². The number of carbonyl (C=O) groups is 3. The number of nitrogens with one attached hydrogen (secondary N) is 1. The number of aryl methyl sites for hydroxylation is 1. The van der Waals surface area contributed by atoms with Crippen LogP contribution in [0.25, 0.3) is 22.3 Å². The minimum Gasteiger partial charge on any atom is -0.372 e. The largest absolute Gasteiger partial charge is 0.372 e. The zero-order valence-corrected chi connectivity index (χ0v) is 31.5. The van der Waals surface area contributed by atoms with Gasteiger partial charge in [-0.2, -0.15) is 0 Å². The first kappa shape index (κ1) is 36.8. The molecule has 2 aromatic carbocycles. The summed E-state index contributed by atoms with van der Waals surface area (Å²) >= 11 is 0. The minimum atomic E-state index is -3.56. The van der Waals surface area contributed by atoms with Gasteiger partial charge in [-0.3, -0.25) is 24.3 Å². The van der Waals surface area contributed by atoms with Crippen molar-refractivity contribution in [2.24, 2.45) is 0 Å². The summed E-state index contributed by atoms with van der Waals surface area (Å²) in [6.07, 6.45) is 4.48. The number of nitrogens with zero attached hydrogens (tertiary/aromatic N) is 5. The molecule has 12 nitrogen and oxygen atoms in total. The van der Waals surface area contributed by atoms with Crippen LogP contribution in [0.3, 0.4) is 0 Å². The van der Waals surface area contributed by atoms with Gasteiger partial charge in [-0.15, -0.1) is 0 Å². The number of benzene rings is 2. The van der Waals surface area contributed by atoms with E-state index in [1.54, 1.807) is 49.5 Å². The maximum absolute atomic E-state index is 13.7. The maximum atomic E-state index is 13.7. The molecule has 0 bridgehead atoms. The van der Waals surface area contributed by atoms with Crippen molar-refractivity contribution in [2.75, 3.05) is 30.8 Å². The van der Waals surface area contributed by atoms with Crippen LogP contribution < -0.4 is 10.2 Å². The first-order chi connectivity index (χ1) is 25.9. The highest BCUT2D eigenvalue weighted by Gasteiger charge is 2.34. The zero-order valence-electron chi connectivity index (χ0n) is 30.7. The van der Waals surface area contributed by atoms with Crippen molar-refractivity contribution >= 4 is 44.3 Å². The number of pyridine rings is 3. The standard InChI is InChI=1S/C41H42N6O6S/c1-25-15-16-28(20-37(25)54(4,51)52)39(48)45-33(12-7-8-19-47-40(49)30-10-5-6-11-31(30)41(47)50)36-21-35-29(22-42-36)17-18-34(43-35)32-13-9-14-38(44-32)46-23-26(2)53-27(3)24-46/h5-6,9-11,13-18,20-22,26-27,33H,7-8,12,19,23-24H2,1-4H3,(H,45,48)/t26-,27+,33?. The van der Waals surface area contributed by atoms with Gasteiger partial charge < -0.3 is 15.0 Å². The lowest BCUT2D eigenvalue weighted by molar-refractivity contribution is -0.00546. The average Bonchev–Trinajstić information content (AvgIpc) is 3.39. The predicted molar refractivity (Wildman–Crippen MR) is 205 cm³/mol. The molecule has 7 rings (SSSR count). The van der Waals surface area contributed by atoms with Crippen LogP contribution in [0.4, 0.5) is 5.82 Å². The van der Waals surface area contributed by atoms with Crippen LogP contribution in [0, 0.1) is 6.92 Å². The Morgan fingerprint density at radius 2 is 1.59 bits per heavy atom. The van der Waals surface area contributed by atoms with Crippen LogP contribution >= 0.6 is 0 Å². The van der Waals surface area contributed by atoms with Crippen molar-refractivity contribution < 1.29 is 27.5 Å². The second kappa shape index (κ2) is 15.1. The number of fused-ring (bicyclic) bond motifs is 2. The van der Waals surface area contributed by atoms with Crippen molar-refractivity contribution in [2.45, 2.75) is 63.2 Å². The molecule has 0 aliphatic carbocycles. The quantitative estimate of drug-likeness (QED) is 0.127. The summed E-state index contributed by atoms with van der Waals surface area (Å²) in [5, 5.41) is 3.88. The van der Waals surface area contributed by atoms with Gasteiger partial charge in [0.2, 0.25) is 0 Å². The van der Waals surface area contributed by atoms with Gasteiger partial charge in [0.1, 0.15) is 5.82 Å². The van der Waals surface area contributed by atoms with E-state index >= 15 is 0 Å². The lowest BCUT2D eigenvalue weighted by atomic mass is 10.0. The number of unbranched alkanes of at least 4 members (excludes halogenated alkanes) is 1. The van der Waals surface area contributed by atoms with Gasteiger partial charge in [-0.1, -0.05) is 24.3 Å². The Morgan fingerprint density at radius 1 is 0.889 bits per heavy atom. The molecule has 5 aromatic rings. The van der Waals surface area contributed by atoms with Gasteiger partial charge in [-0.05, 0) is 100 Å². The Balaban J connectivity index is 1.14. The highest BCUT2D eigenvalue weighted by molar-refractivity contribution is 7.90. The van der Waals surface area contributed by atoms with Crippen LogP contribution in [0.5, 0.6) is 0 Å². The maximum Gasteiger partial charge on any atom is 0.261 e. The van der Waals surface area contributed by atoms with Gasteiger partial charge in [0.25, 0.3) is 17.7 Å². The smallest absolute Gasteiger partial charge is 0.261 e. The second-order valence-electron chi connectivity index (χ2n) is 14.1. The Bertz CT molecular complexity index is 2340. The molecule has 3 amide bonds. The molecule has 2 aliphatic rings. The molecule has 0 spiro atoms.